The standard InChI is InChI=1S/C17H21NO3/c1-3-4-8-13(2)16(19)18-15(12-21-17(18)20)11-14-9-6-5-7-10-14/h5-10,15H,3-4,11-12H2,1-2H3/b13-8+/t15-/m1/s1. The van der Waals surface area contributed by atoms with Crippen molar-refractivity contribution in [2.75, 3.05) is 6.61 Å². The van der Waals surface area contributed by atoms with Crippen molar-refractivity contribution < 1.29 is 14.3 Å². The Kier molecular flexibility index (Phi) is 5.14. The number of amides is 2. The molecule has 4 heteroatoms. The SMILES string of the molecule is CCC/C=C(\C)C(=O)N1C(=O)OC[C@H]1Cc1ccccc1. The Balaban J connectivity index is 2.11. The number of nitrogens with zero attached hydrogens (tertiary/aromatic N) is 1. The van der Waals surface area contributed by atoms with Gasteiger partial charge in [-0.15, -0.1) is 0 Å². The Morgan fingerprint density at radius 1 is 1.38 bits per heavy atom. The van der Waals surface area contributed by atoms with Crippen LogP contribution in [0.2, 0.25) is 0 Å². The van der Waals surface area contributed by atoms with Gasteiger partial charge in [0.05, 0.1) is 6.04 Å². The number of unbranched alkanes of at least 4 members (excludes halogenated alkanes) is 1. The minimum atomic E-state index is -0.537. The first-order chi connectivity index (χ1) is 10.1. The first kappa shape index (κ1) is 15.3. The average molecular weight is 287 g/mol. The highest BCUT2D eigenvalue weighted by Gasteiger charge is 2.38. The quantitative estimate of drug-likeness (QED) is 0.780. The number of rotatable bonds is 5. The minimum Gasteiger partial charge on any atom is -0.447 e. The fourth-order valence-corrected chi connectivity index (χ4v) is 2.38. The van der Waals surface area contributed by atoms with Gasteiger partial charge in [0.1, 0.15) is 6.61 Å². The van der Waals surface area contributed by atoms with Crippen molar-refractivity contribution in [1.29, 1.82) is 0 Å². The maximum Gasteiger partial charge on any atom is 0.417 e. The third-order valence-electron chi connectivity index (χ3n) is 3.57. The third-order valence-corrected chi connectivity index (χ3v) is 3.57. The van der Waals surface area contributed by atoms with Gasteiger partial charge < -0.3 is 4.74 Å². The molecule has 0 unspecified atom stereocenters. The summed E-state index contributed by atoms with van der Waals surface area (Å²) in [6.07, 6.45) is 3.78. The van der Waals surface area contributed by atoms with Crippen LogP contribution >= 0.6 is 0 Å². The van der Waals surface area contributed by atoms with Crippen molar-refractivity contribution >= 4 is 12.0 Å². The maximum absolute atomic E-state index is 12.4. The fourth-order valence-electron chi connectivity index (χ4n) is 2.38. The number of carbonyl (C=O) groups excluding carboxylic acids is 2. The molecule has 0 bridgehead atoms. The third kappa shape index (κ3) is 3.72. The summed E-state index contributed by atoms with van der Waals surface area (Å²) in [7, 11) is 0. The Morgan fingerprint density at radius 3 is 2.76 bits per heavy atom. The Bertz CT molecular complexity index is 536. The Hall–Kier alpha value is -2.10. The smallest absolute Gasteiger partial charge is 0.417 e. The van der Waals surface area contributed by atoms with Crippen LogP contribution in [0.1, 0.15) is 32.3 Å². The summed E-state index contributed by atoms with van der Waals surface area (Å²) in [5.74, 6) is -0.244. The molecule has 112 valence electrons. The summed E-state index contributed by atoms with van der Waals surface area (Å²) in [5, 5.41) is 0. The molecular weight excluding hydrogens is 266 g/mol. The summed E-state index contributed by atoms with van der Waals surface area (Å²) in [5.41, 5.74) is 1.70. The van der Waals surface area contributed by atoms with Gasteiger partial charge in [-0.05, 0) is 25.3 Å². The highest BCUT2D eigenvalue weighted by molar-refractivity contribution is 6.03. The molecule has 1 saturated heterocycles. The van der Waals surface area contributed by atoms with Gasteiger partial charge in [0.25, 0.3) is 5.91 Å². The zero-order valence-corrected chi connectivity index (χ0v) is 12.5. The minimum absolute atomic E-state index is 0.225. The lowest BCUT2D eigenvalue weighted by molar-refractivity contribution is -0.125. The molecule has 0 spiro atoms. The molecule has 1 atom stereocenters. The van der Waals surface area contributed by atoms with Crippen molar-refractivity contribution in [2.24, 2.45) is 0 Å². The number of allylic oxidation sites excluding steroid dienone is 1. The summed E-state index contributed by atoms with van der Waals surface area (Å²) in [6, 6.07) is 9.60. The van der Waals surface area contributed by atoms with E-state index in [2.05, 4.69) is 6.92 Å². The number of benzene rings is 1. The summed E-state index contributed by atoms with van der Waals surface area (Å²) in [6.45, 7) is 4.07. The lowest BCUT2D eigenvalue weighted by Crippen LogP contribution is -2.40. The summed E-state index contributed by atoms with van der Waals surface area (Å²) >= 11 is 0. The number of hydrogen-bond donors (Lipinski definition) is 0. The molecule has 2 amide bonds. The number of imide groups is 1. The van der Waals surface area contributed by atoms with Gasteiger partial charge in [0, 0.05) is 5.57 Å². The van der Waals surface area contributed by atoms with Crippen molar-refractivity contribution in [3.63, 3.8) is 0 Å². The van der Waals surface area contributed by atoms with Crippen molar-refractivity contribution in [3.05, 3.63) is 47.5 Å². The van der Waals surface area contributed by atoms with Gasteiger partial charge in [-0.2, -0.15) is 0 Å². The molecule has 0 N–H and O–H groups in total. The topological polar surface area (TPSA) is 46.6 Å². The first-order valence-electron chi connectivity index (χ1n) is 7.34. The van der Waals surface area contributed by atoms with E-state index in [9.17, 15) is 9.59 Å². The predicted molar refractivity (Wildman–Crippen MR) is 80.8 cm³/mol. The fraction of sp³-hybridized carbons (Fsp3) is 0.412. The molecule has 0 aliphatic carbocycles. The lowest BCUT2D eigenvalue weighted by atomic mass is 10.1. The molecule has 1 heterocycles. The van der Waals surface area contributed by atoms with Gasteiger partial charge in [-0.25, -0.2) is 9.69 Å². The molecule has 1 fully saturated rings. The molecule has 1 aromatic carbocycles. The second-order valence-electron chi connectivity index (χ2n) is 5.27. The van der Waals surface area contributed by atoms with Crippen LogP contribution in [0.15, 0.2) is 42.0 Å². The van der Waals surface area contributed by atoms with Crippen LogP contribution in [-0.2, 0) is 16.0 Å². The van der Waals surface area contributed by atoms with Gasteiger partial charge in [-0.1, -0.05) is 49.8 Å². The van der Waals surface area contributed by atoms with E-state index < -0.39 is 6.09 Å². The van der Waals surface area contributed by atoms with E-state index in [1.54, 1.807) is 6.92 Å². The number of ether oxygens (including phenoxy) is 1. The molecule has 4 nitrogen and oxygen atoms in total. The maximum atomic E-state index is 12.4. The van der Waals surface area contributed by atoms with Crippen LogP contribution in [0.25, 0.3) is 0 Å². The number of cyclic esters (lactones) is 1. The lowest BCUT2D eigenvalue weighted by Gasteiger charge is -2.20. The predicted octanol–water partition coefficient (Wildman–Crippen LogP) is 3.32. The van der Waals surface area contributed by atoms with Crippen LogP contribution in [0, 0.1) is 0 Å². The molecule has 0 radical (unpaired) electrons. The van der Waals surface area contributed by atoms with E-state index in [-0.39, 0.29) is 18.6 Å². The molecule has 2 rings (SSSR count). The second kappa shape index (κ2) is 7.07. The normalized spacial score (nSPS) is 18.8. The zero-order valence-electron chi connectivity index (χ0n) is 12.5. The largest absolute Gasteiger partial charge is 0.447 e. The van der Waals surface area contributed by atoms with Gasteiger partial charge in [-0.3, -0.25) is 4.79 Å². The van der Waals surface area contributed by atoms with E-state index >= 15 is 0 Å². The molecule has 21 heavy (non-hydrogen) atoms. The molecule has 1 aromatic rings. The molecular formula is C17H21NO3. The number of hydrogen-bond acceptors (Lipinski definition) is 3. The first-order valence-corrected chi connectivity index (χ1v) is 7.34. The van der Waals surface area contributed by atoms with Crippen LogP contribution in [0.3, 0.4) is 0 Å². The van der Waals surface area contributed by atoms with E-state index in [0.29, 0.717) is 12.0 Å². The van der Waals surface area contributed by atoms with Crippen LogP contribution in [-0.4, -0.2) is 29.5 Å². The van der Waals surface area contributed by atoms with E-state index in [4.69, 9.17) is 4.74 Å². The van der Waals surface area contributed by atoms with E-state index in [1.165, 1.54) is 4.90 Å². The van der Waals surface area contributed by atoms with Crippen molar-refractivity contribution in [2.45, 2.75) is 39.2 Å². The van der Waals surface area contributed by atoms with Gasteiger partial charge >= 0.3 is 6.09 Å². The van der Waals surface area contributed by atoms with E-state index in [0.717, 1.165) is 18.4 Å². The summed E-state index contributed by atoms with van der Waals surface area (Å²) < 4.78 is 5.07. The Labute approximate surface area is 125 Å². The number of carbonyl (C=O) groups is 2. The van der Waals surface area contributed by atoms with Crippen molar-refractivity contribution in [1.82, 2.24) is 4.90 Å². The molecule has 0 saturated carbocycles. The summed E-state index contributed by atoms with van der Waals surface area (Å²) in [4.78, 5) is 25.5. The van der Waals surface area contributed by atoms with Gasteiger partial charge in [0.15, 0.2) is 0 Å². The van der Waals surface area contributed by atoms with Crippen LogP contribution in [0.4, 0.5) is 4.79 Å². The average Bonchev–Trinajstić information content (AvgIpc) is 2.85. The monoisotopic (exact) mass is 287 g/mol. The van der Waals surface area contributed by atoms with Crippen LogP contribution in [0.5, 0.6) is 0 Å². The highest BCUT2D eigenvalue weighted by Crippen LogP contribution is 2.20. The molecule has 1 aliphatic heterocycles. The van der Waals surface area contributed by atoms with Crippen LogP contribution < -0.4 is 0 Å². The second-order valence-corrected chi connectivity index (χ2v) is 5.27. The van der Waals surface area contributed by atoms with Gasteiger partial charge in [0.2, 0.25) is 0 Å². The molecule has 1 aliphatic rings. The highest BCUT2D eigenvalue weighted by atomic mass is 16.6. The zero-order chi connectivity index (χ0) is 15.2. The molecule has 0 aromatic heterocycles. The van der Waals surface area contributed by atoms with E-state index in [1.807, 2.05) is 36.4 Å². The van der Waals surface area contributed by atoms with Crippen molar-refractivity contribution in [3.8, 4) is 0 Å². The Morgan fingerprint density at radius 2 is 2.10 bits per heavy atom.